The Morgan fingerprint density at radius 2 is 2.15 bits per heavy atom. The van der Waals surface area contributed by atoms with E-state index >= 15 is 0 Å². The van der Waals surface area contributed by atoms with E-state index in [9.17, 15) is 5.11 Å². The number of aromatic hydroxyl groups is 1. The van der Waals surface area contributed by atoms with Gasteiger partial charge in [0.1, 0.15) is 5.75 Å². The normalized spacial score (nSPS) is 12.7. The van der Waals surface area contributed by atoms with Gasteiger partial charge in [0, 0.05) is 22.3 Å². The standard InChI is InChI=1S/C15H20BrN3O/c1-4-14(13-7-11(16)5-6-15(13)20)18-12-8-17-19(9-12)10(2)3/h5-10,14,18,20H,4H2,1-3H3. The number of aromatic nitrogens is 2. The number of phenolic OH excluding ortho intramolecular Hbond substituents is 1. The lowest BCUT2D eigenvalue weighted by atomic mass is 10.0. The minimum atomic E-state index is 0.0531. The average Bonchev–Trinajstić information content (AvgIpc) is 2.88. The molecule has 0 saturated carbocycles. The highest BCUT2D eigenvalue weighted by Crippen LogP contribution is 2.31. The lowest BCUT2D eigenvalue weighted by molar-refractivity contribution is 0.462. The Hall–Kier alpha value is -1.49. The molecule has 1 unspecified atom stereocenters. The smallest absolute Gasteiger partial charge is 0.120 e. The number of phenols is 1. The van der Waals surface area contributed by atoms with Gasteiger partial charge >= 0.3 is 0 Å². The first kappa shape index (κ1) is 14.9. The number of hydrogen-bond acceptors (Lipinski definition) is 3. The number of nitrogens with zero attached hydrogens (tertiary/aromatic N) is 2. The molecule has 2 N–H and O–H groups in total. The first-order chi connectivity index (χ1) is 9.51. The fourth-order valence-corrected chi connectivity index (χ4v) is 2.48. The summed E-state index contributed by atoms with van der Waals surface area (Å²) in [5, 5.41) is 17.8. The molecule has 5 heteroatoms. The molecule has 0 aliphatic heterocycles. The lowest BCUT2D eigenvalue weighted by Gasteiger charge is -2.19. The van der Waals surface area contributed by atoms with Crippen molar-refractivity contribution in [3.63, 3.8) is 0 Å². The molecule has 20 heavy (non-hydrogen) atoms. The van der Waals surface area contributed by atoms with Crippen LogP contribution in [0, 0.1) is 0 Å². The topological polar surface area (TPSA) is 50.1 Å². The van der Waals surface area contributed by atoms with Crippen LogP contribution in [-0.4, -0.2) is 14.9 Å². The zero-order valence-corrected chi connectivity index (χ0v) is 13.6. The van der Waals surface area contributed by atoms with Crippen molar-refractivity contribution < 1.29 is 5.11 Å². The van der Waals surface area contributed by atoms with Gasteiger partial charge in [0.2, 0.25) is 0 Å². The van der Waals surface area contributed by atoms with Gasteiger partial charge in [0.15, 0.2) is 0 Å². The van der Waals surface area contributed by atoms with Crippen molar-refractivity contribution in [1.29, 1.82) is 0 Å². The molecule has 0 fully saturated rings. The molecule has 0 spiro atoms. The molecule has 0 aliphatic carbocycles. The maximum Gasteiger partial charge on any atom is 0.120 e. The van der Waals surface area contributed by atoms with Crippen molar-refractivity contribution in [3.8, 4) is 5.75 Å². The first-order valence-corrected chi connectivity index (χ1v) is 7.59. The highest BCUT2D eigenvalue weighted by Gasteiger charge is 2.15. The third kappa shape index (κ3) is 3.33. The maximum atomic E-state index is 10.0. The van der Waals surface area contributed by atoms with Crippen LogP contribution in [-0.2, 0) is 0 Å². The second-order valence-electron chi connectivity index (χ2n) is 5.11. The number of rotatable bonds is 5. The van der Waals surface area contributed by atoms with E-state index < -0.39 is 0 Å². The molecule has 1 aromatic heterocycles. The van der Waals surface area contributed by atoms with Crippen molar-refractivity contribution in [2.75, 3.05) is 5.32 Å². The largest absolute Gasteiger partial charge is 0.508 e. The molecular formula is C15H20BrN3O. The predicted octanol–water partition coefficient (Wildman–Crippen LogP) is 4.50. The summed E-state index contributed by atoms with van der Waals surface area (Å²) in [6, 6.07) is 5.88. The fourth-order valence-electron chi connectivity index (χ4n) is 2.10. The summed E-state index contributed by atoms with van der Waals surface area (Å²) in [5.74, 6) is 0.309. The fraction of sp³-hybridized carbons (Fsp3) is 0.400. The van der Waals surface area contributed by atoms with E-state index in [1.54, 1.807) is 6.07 Å². The zero-order valence-electron chi connectivity index (χ0n) is 12.0. The number of halogens is 1. The van der Waals surface area contributed by atoms with E-state index in [2.05, 4.69) is 47.1 Å². The van der Waals surface area contributed by atoms with Gasteiger partial charge in [-0.1, -0.05) is 22.9 Å². The van der Waals surface area contributed by atoms with Gasteiger partial charge in [0.05, 0.1) is 17.9 Å². The van der Waals surface area contributed by atoms with Crippen LogP contribution in [0.5, 0.6) is 5.75 Å². The quantitative estimate of drug-likeness (QED) is 0.844. The molecule has 1 heterocycles. The zero-order chi connectivity index (χ0) is 14.7. The van der Waals surface area contributed by atoms with Crippen LogP contribution in [0.4, 0.5) is 5.69 Å². The molecule has 4 nitrogen and oxygen atoms in total. The average molecular weight is 338 g/mol. The highest BCUT2D eigenvalue weighted by molar-refractivity contribution is 9.10. The Morgan fingerprint density at radius 3 is 2.75 bits per heavy atom. The highest BCUT2D eigenvalue weighted by atomic mass is 79.9. The summed E-state index contributed by atoms with van der Waals surface area (Å²) in [4.78, 5) is 0. The van der Waals surface area contributed by atoms with Crippen LogP contribution < -0.4 is 5.32 Å². The van der Waals surface area contributed by atoms with Gasteiger partial charge in [-0.3, -0.25) is 4.68 Å². The van der Waals surface area contributed by atoms with E-state index in [4.69, 9.17) is 0 Å². The van der Waals surface area contributed by atoms with Crippen molar-refractivity contribution in [2.45, 2.75) is 39.3 Å². The minimum Gasteiger partial charge on any atom is -0.508 e. The van der Waals surface area contributed by atoms with Crippen LogP contribution in [0.2, 0.25) is 0 Å². The van der Waals surface area contributed by atoms with Crippen molar-refractivity contribution in [1.82, 2.24) is 9.78 Å². The Balaban J connectivity index is 2.21. The van der Waals surface area contributed by atoms with E-state index in [0.29, 0.717) is 11.8 Å². The van der Waals surface area contributed by atoms with Gasteiger partial charge < -0.3 is 10.4 Å². The van der Waals surface area contributed by atoms with Gasteiger partial charge in [-0.2, -0.15) is 5.10 Å². The molecule has 0 saturated heterocycles. The van der Waals surface area contributed by atoms with Gasteiger partial charge in [0.25, 0.3) is 0 Å². The van der Waals surface area contributed by atoms with Gasteiger partial charge in [-0.15, -0.1) is 0 Å². The van der Waals surface area contributed by atoms with Crippen LogP contribution in [0.25, 0.3) is 0 Å². The maximum absolute atomic E-state index is 10.0. The third-order valence-electron chi connectivity index (χ3n) is 3.24. The molecule has 1 atom stereocenters. The number of hydrogen-bond donors (Lipinski definition) is 2. The molecular weight excluding hydrogens is 318 g/mol. The summed E-state index contributed by atoms with van der Waals surface area (Å²) >= 11 is 3.45. The number of anilines is 1. The van der Waals surface area contributed by atoms with E-state index in [1.807, 2.05) is 29.2 Å². The van der Waals surface area contributed by atoms with Crippen LogP contribution in [0.3, 0.4) is 0 Å². The Labute approximate surface area is 127 Å². The van der Waals surface area contributed by atoms with Crippen molar-refractivity contribution >= 4 is 21.6 Å². The third-order valence-corrected chi connectivity index (χ3v) is 3.74. The van der Waals surface area contributed by atoms with Crippen molar-refractivity contribution in [3.05, 3.63) is 40.6 Å². The van der Waals surface area contributed by atoms with Gasteiger partial charge in [-0.05, 0) is 38.5 Å². The second-order valence-corrected chi connectivity index (χ2v) is 6.03. The Bertz CT molecular complexity index is 580. The molecule has 0 bridgehead atoms. The Morgan fingerprint density at radius 1 is 1.40 bits per heavy atom. The van der Waals surface area contributed by atoms with Crippen LogP contribution >= 0.6 is 15.9 Å². The summed E-state index contributed by atoms with van der Waals surface area (Å²) in [7, 11) is 0. The predicted molar refractivity (Wildman–Crippen MR) is 85.1 cm³/mol. The van der Waals surface area contributed by atoms with Crippen LogP contribution in [0.1, 0.15) is 44.8 Å². The van der Waals surface area contributed by atoms with E-state index in [0.717, 1.165) is 22.1 Å². The first-order valence-electron chi connectivity index (χ1n) is 6.80. The molecule has 0 aliphatic rings. The molecule has 1 aromatic carbocycles. The van der Waals surface area contributed by atoms with Crippen LogP contribution in [0.15, 0.2) is 35.1 Å². The minimum absolute atomic E-state index is 0.0531. The summed E-state index contributed by atoms with van der Waals surface area (Å²) in [6.45, 7) is 6.27. The molecule has 0 amide bonds. The summed E-state index contributed by atoms with van der Waals surface area (Å²) in [6.07, 6.45) is 4.68. The molecule has 108 valence electrons. The van der Waals surface area contributed by atoms with Gasteiger partial charge in [-0.25, -0.2) is 0 Å². The SMILES string of the molecule is CCC(Nc1cnn(C(C)C)c1)c1cc(Br)ccc1O. The molecule has 0 radical (unpaired) electrons. The molecule has 2 aromatic rings. The monoisotopic (exact) mass is 337 g/mol. The summed E-state index contributed by atoms with van der Waals surface area (Å²) in [5.41, 5.74) is 1.85. The van der Waals surface area contributed by atoms with E-state index in [1.165, 1.54) is 0 Å². The second kappa shape index (κ2) is 6.31. The van der Waals surface area contributed by atoms with E-state index in [-0.39, 0.29) is 6.04 Å². The van der Waals surface area contributed by atoms with Crippen molar-refractivity contribution in [2.24, 2.45) is 0 Å². The lowest BCUT2D eigenvalue weighted by Crippen LogP contribution is -2.09. The molecule has 2 rings (SSSR count). The Kier molecular flexibility index (Phi) is 4.70. The summed E-state index contributed by atoms with van der Waals surface area (Å²) < 4.78 is 2.87. The number of nitrogens with one attached hydrogen (secondary N) is 1. The number of benzene rings is 1.